The number of piperidine rings is 1. The van der Waals surface area contributed by atoms with Gasteiger partial charge in [-0.15, -0.1) is 0 Å². The molecule has 2 rings (SSSR count). The molecule has 1 aliphatic heterocycles. The van der Waals surface area contributed by atoms with Gasteiger partial charge in [-0.3, -0.25) is 4.79 Å². The summed E-state index contributed by atoms with van der Waals surface area (Å²) in [7, 11) is -4.10. The molecule has 20 heavy (non-hydrogen) atoms. The highest BCUT2D eigenvalue weighted by atomic mass is 35.5. The van der Waals surface area contributed by atoms with Crippen molar-refractivity contribution < 1.29 is 17.6 Å². The lowest BCUT2D eigenvalue weighted by Crippen LogP contribution is -2.50. The van der Waals surface area contributed by atoms with Crippen LogP contribution in [0.1, 0.15) is 19.3 Å². The van der Waals surface area contributed by atoms with E-state index in [0.717, 1.165) is 16.4 Å². The fourth-order valence-electron chi connectivity index (χ4n) is 2.29. The van der Waals surface area contributed by atoms with Gasteiger partial charge in [0, 0.05) is 11.6 Å². The number of benzene rings is 1. The summed E-state index contributed by atoms with van der Waals surface area (Å²) in [5.41, 5.74) is 5.23. The number of hydrogen-bond acceptors (Lipinski definition) is 3. The molecule has 1 aromatic rings. The quantitative estimate of drug-likeness (QED) is 0.916. The number of hydrogen-bond donors (Lipinski definition) is 1. The van der Waals surface area contributed by atoms with Gasteiger partial charge in [-0.1, -0.05) is 18.0 Å². The molecule has 0 spiro atoms. The van der Waals surface area contributed by atoms with E-state index in [-0.39, 0.29) is 11.6 Å². The van der Waals surface area contributed by atoms with Crippen LogP contribution in [-0.2, 0) is 14.8 Å². The molecule has 0 aliphatic carbocycles. The van der Waals surface area contributed by atoms with Crippen LogP contribution in [0.25, 0.3) is 0 Å². The van der Waals surface area contributed by atoms with E-state index in [4.69, 9.17) is 17.3 Å². The van der Waals surface area contributed by atoms with E-state index < -0.39 is 32.7 Å². The monoisotopic (exact) mass is 320 g/mol. The molecule has 110 valence electrons. The van der Waals surface area contributed by atoms with Crippen LogP contribution in [0.4, 0.5) is 4.39 Å². The zero-order valence-electron chi connectivity index (χ0n) is 10.6. The molecule has 2 N–H and O–H groups in total. The fraction of sp³-hybridized carbons (Fsp3) is 0.417. The number of halogens is 2. The molecule has 1 heterocycles. The lowest BCUT2D eigenvalue weighted by molar-refractivity contribution is -0.122. The van der Waals surface area contributed by atoms with Crippen molar-refractivity contribution in [3.63, 3.8) is 0 Å². The zero-order chi connectivity index (χ0) is 14.9. The summed E-state index contributed by atoms with van der Waals surface area (Å²) in [6.45, 7) is 0.151. The molecule has 1 fully saturated rings. The van der Waals surface area contributed by atoms with Gasteiger partial charge in [0.2, 0.25) is 15.9 Å². The molecule has 1 aromatic carbocycles. The van der Waals surface area contributed by atoms with E-state index in [2.05, 4.69) is 0 Å². The molecule has 0 saturated carbocycles. The van der Waals surface area contributed by atoms with Crippen LogP contribution >= 0.6 is 11.6 Å². The van der Waals surface area contributed by atoms with Crippen molar-refractivity contribution in [2.75, 3.05) is 6.54 Å². The maximum Gasteiger partial charge on any atom is 0.246 e. The minimum absolute atomic E-state index is 0.103. The van der Waals surface area contributed by atoms with Gasteiger partial charge < -0.3 is 5.73 Å². The Hall–Kier alpha value is -1.18. The molecule has 1 amide bonds. The molecular weight excluding hydrogens is 307 g/mol. The molecule has 8 heteroatoms. The Morgan fingerprint density at radius 1 is 1.40 bits per heavy atom. The van der Waals surface area contributed by atoms with E-state index in [1.165, 1.54) is 6.07 Å². The first kappa shape index (κ1) is 15.2. The van der Waals surface area contributed by atoms with Crippen LogP contribution in [0.3, 0.4) is 0 Å². The number of primary amides is 1. The predicted molar refractivity (Wildman–Crippen MR) is 72.1 cm³/mol. The second-order valence-corrected chi connectivity index (χ2v) is 6.90. The maximum atomic E-state index is 13.8. The third-order valence-corrected chi connectivity index (χ3v) is 5.44. The largest absolute Gasteiger partial charge is 0.368 e. The molecule has 0 radical (unpaired) electrons. The number of nitrogens with zero attached hydrogens (tertiary/aromatic N) is 1. The van der Waals surface area contributed by atoms with Gasteiger partial charge >= 0.3 is 0 Å². The van der Waals surface area contributed by atoms with Crippen molar-refractivity contribution in [1.29, 1.82) is 0 Å². The third-order valence-electron chi connectivity index (χ3n) is 3.26. The first-order chi connectivity index (χ1) is 9.34. The van der Waals surface area contributed by atoms with E-state index >= 15 is 0 Å². The van der Waals surface area contributed by atoms with Crippen LogP contribution in [0.5, 0.6) is 0 Å². The third kappa shape index (κ3) is 2.79. The molecule has 5 nitrogen and oxygen atoms in total. The van der Waals surface area contributed by atoms with Crippen LogP contribution in [0.2, 0.25) is 5.02 Å². The van der Waals surface area contributed by atoms with Gasteiger partial charge in [-0.25, -0.2) is 12.8 Å². The van der Waals surface area contributed by atoms with Gasteiger partial charge in [0.1, 0.15) is 16.8 Å². The van der Waals surface area contributed by atoms with Crippen molar-refractivity contribution >= 4 is 27.5 Å². The number of rotatable bonds is 3. The van der Waals surface area contributed by atoms with Gasteiger partial charge in [0.15, 0.2) is 0 Å². The SMILES string of the molecule is NC(=O)[C@@H]1CCCCN1S(=O)(=O)c1ccc(Cl)cc1F. The second-order valence-electron chi connectivity index (χ2n) is 4.60. The van der Waals surface area contributed by atoms with Gasteiger partial charge in [-0.05, 0) is 31.0 Å². The van der Waals surface area contributed by atoms with Crippen molar-refractivity contribution in [2.24, 2.45) is 5.73 Å². The summed E-state index contributed by atoms with van der Waals surface area (Å²) in [5.74, 6) is -1.66. The summed E-state index contributed by atoms with van der Waals surface area (Å²) in [4.78, 5) is 10.9. The fourth-order valence-corrected chi connectivity index (χ4v) is 4.16. The van der Waals surface area contributed by atoms with E-state index in [9.17, 15) is 17.6 Å². The van der Waals surface area contributed by atoms with Crippen molar-refractivity contribution in [3.8, 4) is 0 Å². The van der Waals surface area contributed by atoms with Crippen LogP contribution in [0, 0.1) is 5.82 Å². The molecule has 1 saturated heterocycles. The van der Waals surface area contributed by atoms with Crippen molar-refractivity contribution in [1.82, 2.24) is 4.31 Å². The maximum absolute atomic E-state index is 13.8. The van der Waals surface area contributed by atoms with Crippen LogP contribution in [0.15, 0.2) is 23.1 Å². The van der Waals surface area contributed by atoms with Crippen LogP contribution in [-0.4, -0.2) is 31.2 Å². The average Bonchev–Trinajstić information content (AvgIpc) is 2.38. The molecule has 0 bridgehead atoms. The number of carbonyl (C=O) groups is 1. The summed E-state index contributed by atoms with van der Waals surface area (Å²) < 4.78 is 39.7. The Labute approximate surface area is 121 Å². The predicted octanol–water partition coefficient (Wildman–Crippen LogP) is 1.51. The molecule has 1 aliphatic rings. The smallest absolute Gasteiger partial charge is 0.246 e. The minimum Gasteiger partial charge on any atom is -0.368 e. The Bertz CT molecular complexity index is 636. The summed E-state index contributed by atoms with van der Waals surface area (Å²) >= 11 is 5.61. The minimum atomic E-state index is -4.10. The Morgan fingerprint density at radius 3 is 2.70 bits per heavy atom. The Morgan fingerprint density at radius 2 is 2.10 bits per heavy atom. The lowest BCUT2D eigenvalue weighted by Gasteiger charge is -2.32. The highest BCUT2D eigenvalue weighted by Crippen LogP contribution is 2.27. The van der Waals surface area contributed by atoms with Crippen LogP contribution < -0.4 is 5.73 Å². The average molecular weight is 321 g/mol. The van der Waals surface area contributed by atoms with Crippen molar-refractivity contribution in [2.45, 2.75) is 30.2 Å². The number of amides is 1. The first-order valence-corrected chi connectivity index (χ1v) is 7.92. The molecular formula is C12H14ClFN2O3S. The number of sulfonamides is 1. The summed E-state index contributed by atoms with van der Waals surface area (Å²) in [6.07, 6.45) is 1.67. The van der Waals surface area contributed by atoms with Gasteiger partial charge in [-0.2, -0.15) is 4.31 Å². The molecule has 0 unspecified atom stereocenters. The van der Waals surface area contributed by atoms with Gasteiger partial charge in [0.05, 0.1) is 0 Å². The van der Waals surface area contributed by atoms with E-state index in [0.29, 0.717) is 19.3 Å². The van der Waals surface area contributed by atoms with Gasteiger partial charge in [0.25, 0.3) is 0 Å². The Kier molecular flexibility index (Phi) is 4.31. The summed E-state index contributed by atoms with van der Waals surface area (Å²) in [5, 5.41) is 0.103. The second kappa shape index (κ2) is 5.67. The number of carbonyl (C=O) groups excluding carboxylic acids is 1. The van der Waals surface area contributed by atoms with Crippen molar-refractivity contribution in [3.05, 3.63) is 29.0 Å². The van der Waals surface area contributed by atoms with E-state index in [1.807, 2.05) is 0 Å². The Balaban J connectivity index is 2.45. The molecule has 1 atom stereocenters. The highest BCUT2D eigenvalue weighted by Gasteiger charge is 2.37. The highest BCUT2D eigenvalue weighted by molar-refractivity contribution is 7.89. The zero-order valence-corrected chi connectivity index (χ0v) is 12.1. The topological polar surface area (TPSA) is 80.5 Å². The number of nitrogens with two attached hydrogens (primary N) is 1. The molecule has 0 aromatic heterocycles. The normalized spacial score (nSPS) is 20.8. The standard InChI is InChI=1S/C12H14ClFN2O3S/c13-8-4-5-11(9(14)7-8)20(18,19)16-6-2-1-3-10(16)12(15)17/h4-5,7,10H,1-3,6H2,(H2,15,17)/t10-/m0/s1. The lowest BCUT2D eigenvalue weighted by atomic mass is 10.0. The first-order valence-electron chi connectivity index (χ1n) is 6.10. The summed E-state index contributed by atoms with van der Waals surface area (Å²) in [6, 6.07) is 2.39. The van der Waals surface area contributed by atoms with E-state index in [1.54, 1.807) is 0 Å².